The van der Waals surface area contributed by atoms with Crippen molar-refractivity contribution in [3.05, 3.63) is 18.2 Å². The summed E-state index contributed by atoms with van der Waals surface area (Å²) >= 11 is 0. The first-order valence-electron chi connectivity index (χ1n) is 10.6. The number of amides is 4. The number of aromatic nitrogens is 2. The standard InChI is InChI=1S/C20H33N7O6/c1-10(2)6-15(19(31)25-11(3)20(32)33)27-18(30)14(4-5-16(22)28)26-17(29)13(21)7-12-8-23-9-24-12/h8-11,13-15H,4-7,21H2,1-3H3,(H2,22,28)(H,23,24)(H,25,31)(H,26,29)(H,27,30)(H,32,33). The highest BCUT2D eigenvalue weighted by molar-refractivity contribution is 5.94. The molecule has 184 valence electrons. The number of carbonyl (C=O) groups is 5. The Labute approximate surface area is 191 Å². The lowest BCUT2D eigenvalue weighted by molar-refractivity contribution is -0.142. The van der Waals surface area contributed by atoms with Crippen LogP contribution in [0.15, 0.2) is 12.5 Å². The lowest BCUT2D eigenvalue weighted by Crippen LogP contribution is -2.57. The normalized spacial score (nSPS) is 14.6. The van der Waals surface area contributed by atoms with Gasteiger partial charge in [0.05, 0.1) is 12.4 Å². The van der Waals surface area contributed by atoms with Gasteiger partial charge in [-0.2, -0.15) is 0 Å². The topological polar surface area (TPSA) is 222 Å². The van der Waals surface area contributed by atoms with Crippen molar-refractivity contribution in [2.45, 2.75) is 70.6 Å². The average molecular weight is 468 g/mol. The summed E-state index contributed by atoms with van der Waals surface area (Å²) in [5.41, 5.74) is 11.7. The summed E-state index contributed by atoms with van der Waals surface area (Å²) in [6.45, 7) is 4.95. The van der Waals surface area contributed by atoms with E-state index in [0.29, 0.717) is 5.69 Å². The van der Waals surface area contributed by atoms with Crippen LogP contribution in [0.2, 0.25) is 0 Å². The van der Waals surface area contributed by atoms with Crippen molar-refractivity contribution in [3.8, 4) is 0 Å². The molecule has 0 aliphatic heterocycles. The summed E-state index contributed by atoms with van der Waals surface area (Å²) in [7, 11) is 0. The van der Waals surface area contributed by atoms with Crippen molar-refractivity contribution < 1.29 is 29.1 Å². The Kier molecular flexibility index (Phi) is 11.0. The van der Waals surface area contributed by atoms with Crippen LogP contribution in [0.5, 0.6) is 0 Å². The molecule has 0 aromatic carbocycles. The zero-order chi connectivity index (χ0) is 25.1. The Morgan fingerprint density at radius 2 is 1.64 bits per heavy atom. The zero-order valence-electron chi connectivity index (χ0n) is 19.0. The van der Waals surface area contributed by atoms with Crippen LogP contribution < -0.4 is 27.4 Å². The molecule has 4 atom stereocenters. The number of carbonyl (C=O) groups excluding carboxylic acids is 4. The summed E-state index contributed by atoms with van der Waals surface area (Å²) in [6.07, 6.45) is 3.02. The molecule has 0 radical (unpaired) electrons. The molecule has 0 aliphatic carbocycles. The smallest absolute Gasteiger partial charge is 0.325 e. The van der Waals surface area contributed by atoms with E-state index in [2.05, 4.69) is 25.9 Å². The van der Waals surface area contributed by atoms with Crippen molar-refractivity contribution in [1.82, 2.24) is 25.9 Å². The Hall–Kier alpha value is -3.48. The molecule has 4 unspecified atom stereocenters. The second kappa shape index (κ2) is 13.2. The minimum atomic E-state index is -1.23. The Morgan fingerprint density at radius 1 is 1.03 bits per heavy atom. The molecular formula is C20H33N7O6. The maximum Gasteiger partial charge on any atom is 0.325 e. The van der Waals surface area contributed by atoms with Gasteiger partial charge in [0.25, 0.3) is 0 Å². The van der Waals surface area contributed by atoms with Crippen molar-refractivity contribution >= 4 is 29.6 Å². The van der Waals surface area contributed by atoms with Crippen LogP contribution >= 0.6 is 0 Å². The number of imidazole rings is 1. The van der Waals surface area contributed by atoms with Gasteiger partial charge < -0.3 is 37.5 Å². The second-order valence-electron chi connectivity index (χ2n) is 8.21. The summed E-state index contributed by atoms with van der Waals surface area (Å²) in [5, 5.41) is 16.4. The van der Waals surface area contributed by atoms with E-state index in [1.54, 1.807) is 0 Å². The number of nitrogens with one attached hydrogen (secondary N) is 4. The van der Waals surface area contributed by atoms with Crippen LogP contribution in [-0.2, 0) is 30.4 Å². The largest absolute Gasteiger partial charge is 0.480 e. The quantitative estimate of drug-likeness (QED) is 0.164. The van der Waals surface area contributed by atoms with E-state index in [1.807, 2.05) is 13.8 Å². The predicted molar refractivity (Wildman–Crippen MR) is 117 cm³/mol. The van der Waals surface area contributed by atoms with Gasteiger partial charge in [0.2, 0.25) is 23.6 Å². The molecule has 0 fully saturated rings. The molecule has 0 aliphatic rings. The first-order valence-corrected chi connectivity index (χ1v) is 10.6. The highest BCUT2D eigenvalue weighted by Crippen LogP contribution is 2.08. The number of aromatic amines is 1. The average Bonchev–Trinajstić information content (AvgIpc) is 3.22. The number of carboxylic acids is 1. The van der Waals surface area contributed by atoms with Gasteiger partial charge in [-0.15, -0.1) is 0 Å². The molecule has 4 amide bonds. The molecule has 0 saturated carbocycles. The molecule has 1 aromatic heterocycles. The molecule has 0 bridgehead atoms. The second-order valence-corrected chi connectivity index (χ2v) is 8.21. The molecule has 9 N–H and O–H groups in total. The third-order valence-corrected chi connectivity index (χ3v) is 4.71. The summed E-state index contributed by atoms with van der Waals surface area (Å²) in [5.74, 6) is -3.95. The summed E-state index contributed by atoms with van der Waals surface area (Å²) < 4.78 is 0. The fourth-order valence-electron chi connectivity index (χ4n) is 2.91. The van der Waals surface area contributed by atoms with E-state index >= 15 is 0 Å². The van der Waals surface area contributed by atoms with Crippen LogP contribution in [0.25, 0.3) is 0 Å². The van der Waals surface area contributed by atoms with Crippen molar-refractivity contribution in [3.63, 3.8) is 0 Å². The summed E-state index contributed by atoms with van der Waals surface area (Å²) in [4.78, 5) is 66.9. The van der Waals surface area contributed by atoms with Gasteiger partial charge in [-0.25, -0.2) is 4.98 Å². The van der Waals surface area contributed by atoms with Crippen LogP contribution in [0.1, 0.15) is 45.7 Å². The molecule has 1 aromatic rings. The van der Waals surface area contributed by atoms with E-state index in [-0.39, 0.29) is 31.6 Å². The minimum Gasteiger partial charge on any atom is -0.480 e. The van der Waals surface area contributed by atoms with Crippen molar-refractivity contribution in [2.24, 2.45) is 17.4 Å². The molecular weight excluding hydrogens is 434 g/mol. The van der Waals surface area contributed by atoms with Gasteiger partial charge >= 0.3 is 5.97 Å². The van der Waals surface area contributed by atoms with E-state index < -0.39 is 53.8 Å². The summed E-state index contributed by atoms with van der Waals surface area (Å²) in [6, 6.07) is -4.39. The van der Waals surface area contributed by atoms with E-state index in [9.17, 15) is 24.0 Å². The lowest BCUT2D eigenvalue weighted by atomic mass is 10.0. The van der Waals surface area contributed by atoms with Gasteiger partial charge in [-0.3, -0.25) is 24.0 Å². The lowest BCUT2D eigenvalue weighted by Gasteiger charge is -2.25. The fourth-order valence-corrected chi connectivity index (χ4v) is 2.91. The molecule has 13 heteroatoms. The fraction of sp³-hybridized carbons (Fsp3) is 0.600. The van der Waals surface area contributed by atoms with Gasteiger partial charge in [0.1, 0.15) is 18.1 Å². The van der Waals surface area contributed by atoms with Gasteiger partial charge in [-0.05, 0) is 25.7 Å². The Balaban J connectivity index is 2.91. The van der Waals surface area contributed by atoms with E-state index in [1.165, 1.54) is 19.4 Å². The SMILES string of the molecule is CC(C)CC(NC(=O)C(CCC(N)=O)NC(=O)C(N)Cc1cnc[nH]1)C(=O)NC(C)C(=O)O. The first kappa shape index (κ1) is 27.6. The highest BCUT2D eigenvalue weighted by Gasteiger charge is 2.30. The number of carboxylic acid groups (broad SMARTS) is 1. The maximum atomic E-state index is 12.9. The molecule has 33 heavy (non-hydrogen) atoms. The van der Waals surface area contributed by atoms with Crippen molar-refractivity contribution in [1.29, 1.82) is 0 Å². The van der Waals surface area contributed by atoms with Gasteiger partial charge in [0, 0.05) is 24.7 Å². The number of H-pyrrole nitrogens is 1. The molecule has 1 heterocycles. The van der Waals surface area contributed by atoms with Crippen molar-refractivity contribution in [2.75, 3.05) is 0 Å². The Bertz CT molecular complexity index is 827. The number of rotatable bonds is 14. The number of nitrogens with zero attached hydrogens (tertiary/aromatic N) is 1. The molecule has 1 rings (SSSR count). The first-order chi connectivity index (χ1) is 15.4. The number of primary amides is 1. The molecule has 0 spiro atoms. The molecule has 13 nitrogen and oxygen atoms in total. The molecule has 0 saturated heterocycles. The van der Waals surface area contributed by atoms with E-state index in [4.69, 9.17) is 16.6 Å². The maximum absolute atomic E-state index is 12.9. The van der Waals surface area contributed by atoms with Gasteiger partial charge in [-0.1, -0.05) is 13.8 Å². The van der Waals surface area contributed by atoms with Crippen LogP contribution in [0.4, 0.5) is 0 Å². The number of aliphatic carboxylic acids is 1. The van der Waals surface area contributed by atoms with Crippen LogP contribution in [-0.4, -0.2) is 68.8 Å². The van der Waals surface area contributed by atoms with Gasteiger partial charge in [0.15, 0.2) is 0 Å². The van der Waals surface area contributed by atoms with Crippen LogP contribution in [0, 0.1) is 5.92 Å². The predicted octanol–water partition coefficient (Wildman–Crippen LogP) is -1.85. The Morgan fingerprint density at radius 3 is 2.15 bits per heavy atom. The highest BCUT2D eigenvalue weighted by atomic mass is 16.4. The van der Waals surface area contributed by atoms with Crippen LogP contribution in [0.3, 0.4) is 0 Å². The zero-order valence-corrected chi connectivity index (χ0v) is 19.0. The third-order valence-electron chi connectivity index (χ3n) is 4.71. The monoisotopic (exact) mass is 467 g/mol. The van der Waals surface area contributed by atoms with E-state index in [0.717, 1.165) is 0 Å². The number of hydrogen-bond acceptors (Lipinski definition) is 7. The third kappa shape index (κ3) is 10.1. The number of hydrogen-bond donors (Lipinski definition) is 7. The number of nitrogens with two attached hydrogens (primary N) is 2. The minimum absolute atomic E-state index is 0.0114.